The van der Waals surface area contributed by atoms with E-state index in [4.69, 9.17) is 16.9 Å². The second kappa shape index (κ2) is 7.00. The summed E-state index contributed by atoms with van der Waals surface area (Å²) >= 11 is 0. The zero-order valence-electron chi connectivity index (χ0n) is 11.2. The van der Waals surface area contributed by atoms with Gasteiger partial charge in [0.15, 0.2) is 0 Å². The van der Waals surface area contributed by atoms with Crippen molar-refractivity contribution in [1.82, 2.24) is 4.90 Å². The number of nitrogens with zero attached hydrogens (tertiary/aromatic N) is 1. The van der Waals surface area contributed by atoms with E-state index in [0.717, 1.165) is 52.0 Å². The molecule has 0 bridgehead atoms. The fraction of sp³-hybridized carbons (Fsp3) is 0.857. The third-order valence-electron chi connectivity index (χ3n) is 4.08. The molecule has 0 aromatic carbocycles. The summed E-state index contributed by atoms with van der Waals surface area (Å²) in [6.07, 6.45) is 9.22. The predicted octanol–water partition coefficient (Wildman–Crippen LogP) is 1.62. The van der Waals surface area contributed by atoms with Crippen LogP contribution in [0.1, 0.15) is 39.5 Å². The van der Waals surface area contributed by atoms with E-state index in [1.165, 1.54) is 0 Å². The van der Waals surface area contributed by atoms with E-state index < -0.39 is 0 Å². The van der Waals surface area contributed by atoms with Crippen LogP contribution in [0.5, 0.6) is 0 Å². The Morgan fingerprint density at radius 1 is 1.47 bits per heavy atom. The summed E-state index contributed by atoms with van der Waals surface area (Å²) in [5.41, 5.74) is 6.46. The van der Waals surface area contributed by atoms with E-state index in [2.05, 4.69) is 24.7 Å². The molecule has 2 unspecified atom stereocenters. The van der Waals surface area contributed by atoms with Gasteiger partial charge in [-0.15, -0.1) is 12.3 Å². The summed E-state index contributed by atoms with van der Waals surface area (Å²) in [6.45, 7) is 8.13. The van der Waals surface area contributed by atoms with E-state index in [-0.39, 0.29) is 11.6 Å². The third-order valence-corrected chi connectivity index (χ3v) is 4.08. The average Bonchev–Trinajstić information content (AvgIpc) is 2.39. The van der Waals surface area contributed by atoms with Crippen LogP contribution in [0, 0.1) is 12.3 Å². The second-order valence-electron chi connectivity index (χ2n) is 5.01. The van der Waals surface area contributed by atoms with E-state index in [0.29, 0.717) is 0 Å². The number of nitrogens with two attached hydrogens (primary N) is 1. The fourth-order valence-electron chi connectivity index (χ4n) is 2.53. The Labute approximate surface area is 106 Å². The monoisotopic (exact) mass is 238 g/mol. The van der Waals surface area contributed by atoms with Crippen LogP contribution in [0.15, 0.2) is 0 Å². The molecule has 98 valence electrons. The predicted molar refractivity (Wildman–Crippen MR) is 71.7 cm³/mol. The van der Waals surface area contributed by atoms with Gasteiger partial charge in [0.1, 0.15) is 0 Å². The Morgan fingerprint density at radius 2 is 2.12 bits per heavy atom. The number of hydrogen-bond acceptors (Lipinski definition) is 3. The van der Waals surface area contributed by atoms with Crippen LogP contribution in [-0.4, -0.2) is 42.8 Å². The largest absolute Gasteiger partial charge is 0.379 e. The minimum Gasteiger partial charge on any atom is -0.379 e. The third kappa shape index (κ3) is 3.70. The molecular weight excluding hydrogens is 212 g/mol. The quantitative estimate of drug-likeness (QED) is 0.564. The maximum atomic E-state index is 6.38. The summed E-state index contributed by atoms with van der Waals surface area (Å²) < 4.78 is 5.41. The van der Waals surface area contributed by atoms with Gasteiger partial charge in [-0.25, -0.2) is 0 Å². The first-order valence-electron chi connectivity index (χ1n) is 6.67. The van der Waals surface area contributed by atoms with Gasteiger partial charge in [-0.05, 0) is 26.2 Å². The number of rotatable bonds is 6. The molecule has 0 aliphatic carbocycles. The first-order valence-corrected chi connectivity index (χ1v) is 6.67. The van der Waals surface area contributed by atoms with Crippen LogP contribution >= 0.6 is 0 Å². The van der Waals surface area contributed by atoms with Crippen LogP contribution in [-0.2, 0) is 4.74 Å². The molecule has 2 atom stereocenters. The lowest BCUT2D eigenvalue weighted by molar-refractivity contribution is -0.0284. The molecule has 0 aromatic heterocycles. The lowest BCUT2D eigenvalue weighted by atomic mass is 9.84. The van der Waals surface area contributed by atoms with Crippen molar-refractivity contribution in [1.29, 1.82) is 0 Å². The smallest absolute Gasteiger partial charge is 0.0594 e. The zero-order valence-corrected chi connectivity index (χ0v) is 11.2. The van der Waals surface area contributed by atoms with Gasteiger partial charge in [0.05, 0.1) is 13.2 Å². The normalized spacial score (nSPS) is 22.7. The summed E-state index contributed by atoms with van der Waals surface area (Å²) in [5, 5.41) is 0. The van der Waals surface area contributed by atoms with E-state index in [1.54, 1.807) is 0 Å². The van der Waals surface area contributed by atoms with Crippen molar-refractivity contribution >= 4 is 0 Å². The van der Waals surface area contributed by atoms with Crippen LogP contribution in [0.3, 0.4) is 0 Å². The van der Waals surface area contributed by atoms with Gasteiger partial charge in [-0.3, -0.25) is 4.90 Å². The molecule has 3 nitrogen and oxygen atoms in total. The highest BCUT2D eigenvalue weighted by Crippen LogP contribution is 2.26. The Hall–Kier alpha value is -0.560. The molecule has 0 spiro atoms. The van der Waals surface area contributed by atoms with Gasteiger partial charge in [0.2, 0.25) is 0 Å². The van der Waals surface area contributed by atoms with Gasteiger partial charge >= 0.3 is 0 Å². The Kier molecular flexibility index (Phi) is 5.97. The maximum absolute atomic E-state index is 6.38. The van der Waals surface area contributed by atoms with Crippen molar-refractivity contribution in [2.24, 2.45) is 5.73 Å². The van der Waals surface area contributed by atoms with E-state index >= 15 is 0 Å². The van der Waals surface area contributed by atoms with Crippen molar-refractivity contribution in [2.45, 2.75) is 51.1 Å². The van der Waals surface area contributed by atoms with Crippen LogP contribution in [0.4, 0.5) is 0 Å². The molecule has 1 aliphatic rings. The second-order valence-corrected chi connectivity index (χ2v) is 5.01. The standard InChI is InChI=1S/C14H26N2O/c1-4-6-7-8-13(15)14(3,5-2)16-9-11-17-12-10-16/h1,13H,5-12,15H2,2-3H3. The first-order chi connectivity index (χ1) is 8.15. The minimum absolute atomic E-state index is 0.0817. The number of ether oxygens (including phenoxy) is 1. The molecule has 0 radical (unpaired) electrons. The molecule has 1 rings (SSSR count). The lowest BCUT2D eigenvalue weighted by Gasteiger charge is -2.46. The van der Waals surface area contributed by atoms with Crippen molar-refractivity contribution < 1.29 is 4.74 Å². The van der Waals surface area contributed by atoms with Gasteiger partial charge in [-0.2, -0.15) is 0 Å². The SMILES string of the molecule is C#CCCCC(N)C(C)(CC)N1CCOCC1. The molecule has 2 N–H and O–H groups in total. The Bertz CT molecular complexity index is 255. The minimum atomic E-state index is 0.0817. The van der Waals surface area contributed by atoms with Crippen molar-refractivity contribution in [3.05, 3.63) is 0 Å². The van der Waals surface area contributed by atoms with Crippen LogP contribution in [0.25, 0.3) is 0 Å². The first kappa shape index (κ1) is 14.5. The summed E-state index contributed by atoms with van der Waals surface area (Å²) in [6, 6.07) is 0.193. The van der Waals surface area contributed by atoms with Crippen LogP contribution < -0.4 is 5.73 Å². The molecule has 1 heterocycles. The van der Waals surface area contributed by atoms with Crippen molar-refractivity contribution in [3.8, 4) is 12.3 Å². The zero-order chi connectivity index (χ0) is 12.7. The molecule has 0 amide bonds. The highest BCUT2D eigenvalue weighted by molar-refractivity contribution is 4.96. The number of morpholine rings is 1. The lowest BCUT2D eigenvalue weighted by Crippen LogP contribution is -2.60. The number of unbranched alkanes of at least 4 members (excludes halogenated alkanes) is 1. The maximum Gasteiger partial charge on any atom is 0.0594 e. The average molecular weight is 238 g/mol. The molecule has 1 saturated heterocycles. The molecular formula is C14H26N2O. The molecule has 17 heavy (non-hydrogen) atoms. The Morgan fingerprint density at radius 3 is 2.65 bits per heavy atom. The van der Waals surface area contributed by atoms with Gasteiger partial charge in [-0.1, -0.05) is 6.92 Å². The fourth-order valence-corrected chi connectivity index (χ4v) is 2.53. The number of hydrogen-bond donors (Lipinski definition) is 1. The summed E-state index contributed by atoms with van der Waals surface area (Å²) in [4.78, 5) is 2.48. The van der Waals surface area contributed by atoms with E-state index in [1.807, 2.05) is 0 Å². The molecule has 3 heteroatoms. The van der Waals surface area contributed by atoms with Crippen molar-refractivity contribution in [2.75, 3.05) is 26.3 Å². The molecule has 0 saturated carbocycles. The molecule has 0 aromatic rings. The van der Waals surface area contributed by atoms with E-state index in [9.17, 15) is 0 Å². The number of terminal acetylenes is 1. The molecule has 1 fully saturated rings. The van der Waals surface area contributed by atoms with Crippen LogP contribution in [0.2, 0.25) is 0 Å². The highest BCUT2D eigenvalue weighted by atomic mass is 16.5. The Balaban J connectivity index is 2.55. The van der Waals surface area contributed by atoms with Gasteiger partial charge in [0, 0.05) is 31.1 Å². The van der Waals surface area contributed by atoms with Gasteiger partial charge < -0.3 is 10.5 Å². The molecule has 1 aliphatic heterocycles. The highest BCUT2D eigenvalue weighted by Gasteiger charge is 2.36. The summed E-state index contributed by atoms with van der Waals surface area (Å²) in [5.74, 6) is 2.68. The summed E-state index contributed by atoms with van der Waals surface area (Å²) in [7, 11) is 0. The topological polar surface area (TPSA) is 38.5 Å². The van der Waals surface area contributed by atoms with Gasteiger partial charge in [0.25, 0.3) is 0 Å². The van der Waals surface area contributed by atoms with Crippen molar-refractivity contribution in [3.63, 3.8) is 0 Å².